The van der Waals surface area contributed by atoms with Gasteiger partial charge in [-0.2, -0.15) is 4.31 Å². The van der Waals surface area contributed by atoms with Crippen molar-refractivity contribution >= 4 is 21.6 Å². The van der Waals surface area contributed by atoms with Crippen LogP contribution in [-0.2, 0) is 14.8 Å². The molecule has 4 rings (SSSR count). The van der Waals surface area contributed by atoms with Crippen LogP contribution in [0.3, 0.4) is 0 Å². The van der Waals surface area contributed by atoms with Gasteiger partial charge < -0.3 is 15.0 Å². The molecule has 2 aromatic rings. The number of nitrogens with zero attached hydrogens (tertiary/aromatic N) is 3. The maximum atomic E-state index is 13.2. The molecular weight excluding hydrogens is 370 g/mol. The Labute approximate surface area is 157 Å². The fraction of sp³-hybridized carbons (Fsp3) is 0.412. The van der Waals surface area contributed by atoms with E-state index in [2.05, 4.69) is 20.2 Å². The van der Waals surface area contributed by atoms with Crippen LogP contribution in [0, 0.1) is 0 Å². The van der Waals surface area contributed by atoms with E-state index in [0.29, 0.717) is 31.1 Å². The number of H-pyrrole nitrogens is 1. The monoisotopic (exact) mass is 391 g/mol. The second kappa shape index (κ2) is 6.95. The van der Waals surface area contributed by atoms with Crippen molar-refractivity contribution in [2.75, 3.05) is 38.1 Å². The minimum absolute atomic E-state index is 0.0666. The summed E-state index contributed by atoms with van der Waals surface area (Å²) in [5.41, 5.74) is 0.377. The number of fused-ring (bicyclic) bond motifs is 1. The number of benzene rings is 1. The normalized spacial score (nSPS) is 21.4. The smallest absolute Gasteiger partial charge is 0.262 e. The summed E-state index contributed by atoms with van der Waals surface area (Å²) in [5.74, 6) is 0.923. The van der Waals surface area contributed by atoms with Crippen molar-refractivity contribution in [3.05, 3.63) is 36.4 Å². The van der Waals surface area contributed by atoms with Crippen molar-refractivity contribution in [1.29, 1.82) is 0 Å². The molecule has 2 aliphatic heterocycles. The number of rotatable bonds is 4. The quantitative estimate of drug-likeness (QED) is 0.799. The summed E-state index contributed by atoms with van der Waals surface area (Å²) in [4.78, 5) is 21.3. The molecule has 0 aliphatic carbocycles. The van der Waals surface area contributed by atoms with E-state index in [-0.39, 0.29) is 23.5 Å². The number of anilines is 1. The number of hydrogen-bond acceptors (Lipinski definition) is 6. The third-order valence-corrected chi connectivity index (χ3v) is 6.78. The molecule has 0 bridgehead atoms. The zero-order valence-corrected chi connectivity index (χ0v) is 15.7. The highest BCUT2D eigenvalue weighted by Gasteiger charge is 2.36. The molecule has 2 N–H and O–H groups in total. The third kappa shape index (κ3) is 3.31. The summed E-state index contributed by atoms with van der Waals surface area (Å²) in [7, 11) is -3.71. The summed E-state index contributed by atoms with van der Waals surface area (Å²) < 4.78 is 33.2. The summed E-state index contributed by atoms with van der Waals surface area (Å²) >= 11 is 0. The van der Waals surface area contributed by atoms with Gasteiger partial charge in [0.05, 0.1) is 16.6 Å². The van der Waals surface area contributed by atoms with E-state index in [1.165, 1.54) is 16.4 Å². The number of carbonyl (C=O) groups is 1. The van der Waals surface area contributed by atoms with E-state index >= 15 is 0 Å². The van der Waals surface area contributed by atoms with Crippen molar-refractivity contribution in [1.82, 2.24) is 19.2 Å². The van der Waals surface area contributed by atoms with Gasteiger partial charge in [0.1, 0.15) is 11.6 Å². The Hall–Kier alpha value is -2.43. The molecule has 1 aromatic carbocycles. The Kier molecular flexibility index (Phi) is 4.62. The van der Waals surface area contributed by atoms with E-state index in [9.17, 15) is 13.2 Å². The predicted octanol–water partition coefficient (Wildman–Crippen LogP) is 0.808. The number of nitrogens with one attached hydrogen (secondary N) is 2. The number of hydrogen-bond donors (Lipinski definition) is 2. The van der Waals surface area contributed by atoms with Crippen LogP contribution in [0.4, 0.5) is 5.69 Å². The van der Waals surface area contributed by atoms with E-state index in [1.54, 1.807) is 18.5 Å². The van der Waals surface area contributed by atoms with Crippen LogP contribution in [-0.4, -0.2) is 66.3 Å². The topological polar surface area (TPSA) is 108 Å². The molecule has 0 saturated carbocycles. The lowest BCUT2D eigenvalue weighted by atomic mass is 10.2. The molecule has 0 spiro atoms. The standard InChI is InChI=1S/C17H21N5O4S/c1-2-21-7-8-22(10-14(21)17-18-5-6-19-17)27(24,25)12-3-4-15-13(9-12)20-16(23)11-26-15/h3-6,9,14H,2,7-8,10-11H2,1H3,(H,18,19)(H,20,23). The predicted molar refractivity (Wildman–Crippen MR) is 97.9 cm³/mol. The minimum atomic E-state index is -3.71. The average Bonchev–Trinajstić information content (AvgIpc) is 3.21. The van der Waals surface area contributed by atoms with E-state index < -0.39 is 10.0 Å². The Morgan fingerprint density at radius 1 is 1.33 bits per heavy atom. The first-order valence-electron chi connectivity index (χ1n) is 8.79. The van der Waals surface area contributed by atoms with Crippen LogP contribution in [0.2, 0.25) is 0 Å². The second-order valence-electron chi connectivity index (χ2n) is 6.48. The molecule has 2 aliphatic rings. The Morgan fingerprint density at radius 3 is 2.93 bits per heavy atom. The minimum Gasteiger partial charge on any atom is -0.482 e. The highest BCUT2D eigenvalue weighted by atomic mass is 32.2. The summed E-state index contributed by atoms with van der Waals surface area (Å²) in [6.45, 7) is 4.11. The number of imidazole rings is 1. The maximum Gasteiger partial charge on any atom is 0.262 e. The van der Waals surface area contributed by atoms with Gasteiger partial charge in [-0.05, 0) is 24.7 Å². The first kappa shape index (κ1) is 18.0. The molecular formula is C17H21N5O4S. The van der Waals surface area contributed by atoms with Gasteiger partial charge in [-0.3, -0.25) is 9.69 Å². The molecule has 1 unspecified atom stereocenters. The lowest BCUT2D eigenvalue weighted by Gasteiger charge is -2.39. The van der Waals surface area contributed by atoms with Crippen LogP contribution in [0.15, 0.2) is 35.5 Å². The van der Waals surface area contributed by atoms with E-state index in [1.807, 2.05) is 6.92 Å². The molecule has 3 heterocycles. The number of aromatic amines is 1. The van der Waals surface area contributed by atoms with Gasteiger partial charge in [0, 0.05) is 32.0 Å². The SMILES string of the molecule is CCN1CCN(S(=O)(=O)c2ccc3c(c2)NC(=O)CO3)CC1c1ncc[nH]1. The largest absolute Gasteiger partial charge is 0.482 e. The van der Waals surface area contributed by atoms with Gasteiger partial charge >= 0.3 is 0 Å². The zero-order valence-electron chi connectivity index (χ0n) is 14.9. The lowest BCUT2D eigenvalue weighted by Crippen LogP contribution is -2.50. The second-order valence-corrected chi connectivity index (χ2v) is 8.41. The lowest BCUT2D eigenvalue weighted by molar-refractivity contribution is -0.118. The first-order chi connectivity index (χ1) is 13.0. The van der Waals surface area contributed by atoms with Crippen LogP contribution in [0.25, 0.3) is 0 Å². The van der Waals surface area contributed by atoms with Crippen LogP contribution in [0.1, 0.15) is 18.8 Å². The fourth-order valence-corrected chi connectivity index (χ4v) is 4.95. The molecule has 1 amide bonds. The van der Waals surface area contributed by atoms with E-state index in [0.717, 1.165) is 12.4 Å². The third-order valence-electron chi connectivity index (χ3n) is 4.92. The molecule has 144 valence electrons. The van der Waals surface area contributed by atoms with Gasteiger partial charge in [-0.1, -0.05) is 6.92 Å². The molecule has 1 saturated heterocycles. The number of amides is 1. The zero-order chi connectivity index (χ0) is 19.0. The molecule has 10 heteroatoms. The molecule has 0 radical (unpaired) electrons. The van der Waals surface area contributed by atoms with Gasteiger partial charge in [0.25, 0.3) is 5.91 Å². The highest BCUT2D eigenvalue weighted by molar-refractivity contribution is 7.89. The van der Waals surface area contributed by atoms with Crippen molar-refractivity contribution < 1.29 is 17.9 Å². The maximum absolute atomic E-state index is 13.2. The first-order valence-corrected chi connectivity index (χ1v) is 10.2. The van der Waals surface area contributed by atoms with Crippen LogP contribution >= 0.6 is 0 Å². The number of carbonyl (C=O) groups excluding carboxylic acids is 1. The van der Waals surface area contributed by atoms with E-state index in [4.69, 9.17) is 4.74 Å². The number of aromatic nitrogens is 2. The van der Waals surface area contributed by atoms with Crippen molar-refractivity contribution in [2.45, 2.75) is 17.9 Å². The molecule has 27 heavy (non-hydrogen) atoms. The fourth-order valence-electron chi connectivity index (χ4n) is 3.48. The van der Waals surface area contributed by atoms with Crippen LogP contribution in [0.5, 0.6) is 5.75 Å². The molecule has 1 fully saturated rings. The summed E-state index contributed by atoms with van der Waals surface area (Å²) in [5, 5.41) is 2.65. The number of ether oxygens (including phenoxy) is 1. The number of likely N-dealkylation sites (N-methyl/N-ethyl adjacent to an activating group) is 1. The highest BCUT2D eigenvalue weighted by Crippen LogP contribution is 2.33. The van der Waals surface area contributed by atoms with Gasteiger partial charge in [-0.25, -0.2) is 13.4 Å². The van der Waals surface area contributed by atoms with Gasteiger partial charge in [0.15, 0.2) is 6.61 Å². The van der Waals surface area contributed by atoms with Gasteiger partial charge in [0.2, 0.25) is 10.0 Å². The molecule has 1 aromatic heterocycles. The van der Waals surface area contributed by atoms with Crippen molar-refractivity contribution in [3.63, 3.8) is 0 Å². The Balaban J connectivity index is 1.62. The van der Waals surface area contributed by atoms with Crippen molar-refractivity contribution in [2.24, 2.45) is 0 Å². The number of sulfonamides is 1. The number of piperazine rings is 1. The van der Waals surface area contributed by atoms with Crippen molar-refractivity contribution in [3.8, 4) is 5.75 Å². The average molecular weight is 391 g/mol. The van der Waals surface area contributed by atoms with Gasteiger partial charge in [-0.15, -0.1) is 0 Å². The Morgan fingerprint density at radius 2 is 2.19 bits per heavy atom. The van der Waals surface area contributed by atoms with Crippen LogP contribution < -0.4 is 10.1 Å². The Bertz CT molecular complexity index is 944. The summed E-state index contributed by atoms with van der Waals surface area (Å²) in [6, 6.07) is 4.41. The molecule has 9 nitrogen and oxygen atoms in total. The molecule has 1 atom stereocenters. The summed E-state index contributed by atoms with van der Waals surface area (Å²) in [6.07, 6.45) is 3.41.